The van der Waals surface area contributed by atoms with E-state index in [2.05, 4.69) is 0 Å². The van der Waals surface area contributed by atoms with Gasteiger partial charge < -0.3 is 29.1 Å². The first-order valence-corrected chi connectivity index (χ1v) is 11.2. The second kappa shape index (κ2) is 9.17. The van der Waals surface area contributed by atoms with Crippen LogP contribution in [0.15, 0.2) is 12.1 Å². The molecule has 8 heteroatoms. The molecule has 0 radical (unpaired) electrons. The number of amides is 2. The van der Waals surface area contributed by atoms with Gasteiger partial charge in [0.1, 0.15) is 23.2 Å². The summed E-state index contributed by atoms with van der Waals surface area (Å²) < 4.78 is 16.5. The van der Waals surface area contributed by atoms with Crippen LogP contribution in [0.4, 0.5) is 4.79 Å². The summed E-state index contributed by atoms with van der Waals surface area (Å²) in [4.78, 5) is 29.8. The van der Waals surface area contributed by atoms with Crippen LogP contribution in [0.25, 0.3) is 0 Å². The maximum Gasteiger partial charge on any atom is 0.410 e. The molecule has 0 unspecified atom stereocenters. The fraction of sp³-hybridized carbons (Fsp3) is 0.667. The predicted molar refractivity (Wildman–Crippen MR) is 120 cm³/mol. The zero-order chi connectivity index (χ0) is 23.8. The van der Waals surface area contributed by atoms with E-state index < -0.39 is 11.7 Å². The van der Waals surface area contributed by atoms with Gasteiger partial charge in [0.15, 0.2) is 0 Å². The number of hydrogen-bond acceptors (Lipinski definition) is 6. The number of carbonyl (C=O) groups is 2. The zero-order valence-corrected chi connectivity index (χ0v) is 20.2. The Kier molecular flexibility index (Phi) is 6.93. The van der Waals surface area contributed by atoms with Crippen LogP contribution in [0.2, 0.25) is 0 Å². The third-order valence-electron chi connectivity index (χ3n) is 6.18. The molecule has 2 aliphatic heterocycles. The molecular formula is C24H36N2O6. The number of fused-ring (bicyclic) bond motifs is 1. The molecule has 0 bridgehead atoms. The molecule has 0 spiro atoms. The summed E-state index contributed by atoms with van der Waals surface area (Å²) in [6.45, 7) is 10.5. The summed E-state index contributed by atoms with van der Waals surface area (Å²) in [6, 6.07) is 3.29. The highest BCUT2D eigenvalue weighted by atomic mass is 16.6. The molecule has 2 amide bonds. The molecule has 178 valence electrons. The van der Waals surface area contributed by atoms with Crippen molar-refractivity contribution in [1.82, 2.24) is 9.80 Å². The van der Waals surface area contributed by atoms with Crippen molar-refractivity contribution in [3.63, 3.8) is 0 Å². The summed E-state index contributed by atoms with van der Waals surface area (Å²) in [5.74, 6) is 0.852. The SMILES string of the molecule is COc1ccc(OC)c2c1CN(C(=O)[C@@H]1CCN(C(=O)OC(C)(C)C)[C@H]1C(C)C)C[C@@H]2O. The second-order valence-electron chi connectivity index (χ2n) is 9.90. The lowest BCUT2D eigenvalue weighted by Crippen LogP contribution is -2.49. The number of aliphatic hydroxyl groups is 1. The Morgan fingerprint density at radius 2 is 1.75 bits per heavy atom. The summed E-state index contributed by atoms with van der Waals surface area (Å²) in [6.07, 6.45) is -0.703. The van der Waals surface area contributed by atoms with Crippen LogP contribution >= 0.6 is 0 Å². The van der Waals surface area contributed by atoms with Gasteiger partial charge in [-0.2, -0.15) is 0 Å². The minimum Gasteiger partial charge on any atom is -0.496 e. The molecule has 3 rings (SSSR count). The van der Waals surface area contributed by atoms with E-state index in [0.29, 0.717) is 36.6 Å². The van der Waals surface area contributed by atoms with E-state index in [4.69, 9.17) is 14.2 Å². The Morgan fingerprint density at radius 3 is 2.31 bits per heavy atom. The Hall–Kier alpha value is -2.48. The maximum atomic E-state index is 13.6. The van der Waals surface area contributed by atoms with Crippen molar-refractivity contribution in [2.75, 3.05) is 27.3 Å². The first-order chi connectivity index (χ1) is 15.0. The fourth-order valence-corrected chi connectivity index (χ4v) is 4.92. The predicted octanol–water partition coefficient (Wildman–Crippen LogP) is 3.36. The largest absolute Gasteiger partial charge is 0.496 e. The molecule has 0 aromatic heterocycles. The number of benzene rings is 1. The third-order valence-corrected chi connectivity index (χ3v) is 6.18. The summed E-state index contributed by atoms with van der Waals surface area (Å²) in [7, 11) is 3.13. The highest BCUT2D eigenvalue weighted by Gasteiger charge is 2.46. The quantitative estimate of drug-likeness (QED) is 0.760. The topological polar surface area (TPSA) is 88.5 Å². The van der Waals surface area contributed by atoms with E-state index in [0.717, 1.165) is 5.56 Å². The van der Waals surface area contributed by atoms with Crippen LogP contribution in [0.3, 0.4) is 0 Å². The van der Waals surface area contributed by atoms with Crippen molar-refractivity contribution in [3.05, 3.63) is 23.3 Å². The third kappa shape index (κ3) is 4.65. The summed E-state index contributed by atoms with van der Waals surface area (Å²) in [5.41, 5.74) is 0.817. The van der Waals surface area contributed by atoms with Crippen molar-refractivity contribution in [3.8, 4) is 11.5 Å². The van der Waals surface area contributed by atoms with Gasteiger partial charge in [0, 0.05) is 30.3 Å². The van der Waals surface area contributed by atoms with E-state index in [1.165, 1.54) is 0 Å². The van der Waals surface area contributed by atoms with Crippen LogP contribution in [-0.4, -0.2) is 65.9 Å². The van der Waals surface area contributed by atoms with Gasteiger partial charge in [-0.1, -0.05) is 13.8 Å². The van der Waals surface area contributed by atoms with Crippen LogP contribution in [-0.2, 0) is 16.1 Å². The molecule has 1 fully saturated rings. The second-order valence-corrected chi connectivity index (χ2v) is 9.90. The summed E-state index contributed by atoms with van der Waals surface area (Å²) >= 11 is 0. The zero-order valence-electron chi connectivity index (χ0n) is 20.2. The van der Waals surface area contributed by atoms with E-state index in [1.807, 2.05) is 34.6 Å². The molecular weight excluding hydrogens is 412 g/mol. The molecule has 32 heavy (non-hydrogen) atoms. The number of ether oxygens (including phenoxy) is 3. The van der Waals surface area contributed by atoms with Gasteiger partial charge in [-0.05, 0) is 45.2 Å². The smallest absolute Gasteiger partial charge is 0.410 e. The average Bonchev–Trinajstić information content (AvgIpc) is 3.16. The van der Waals surface area contributed by atoms with Gasteiger partial charge in [0.25, 0.3) is 0 Å². The Morgan fingerprint density at radius 1 is 1.12 bits per heavy atom. The normalized spacial score (nSPS) is 23.2. The number of β-amino-alcohol motifs (C(OH)–C–C–N with tert-alkyl or cyclic N) is 1. The molecule has 1 N–H and O–H groups in total. The molecule has 0 aliphatic carbocycles. The first kappa shape index (κ1) is 24.2. The maximum absolute atomic E-state index is 13.6. The Balaban J connectivity index is 1.85. The van der Waals surface area contributed by atoms with Crippen molar-refractivity contribution in [2.45, 2.75) is 65.3 Å². The van der Waals surface area contributed by atoms with E-state index >= 15 is 0 Å². The molecule has 1 aromatic carbocycles. The van der Waals surface area contributed by atoms with Crippen LogP contribution < -0.4 is 9.47 Å². The number of carbonyl (C=O) groups excluding carboxylic acids is 2. The standard InChI is InChI=1S/C24H36N2O6/c1-14(2)21-15(10-11-26(21)23(29)32-24(3,4)5)22(28)25-12-16-18(30-6)8-9-19(31-7)20(16)17(27)13-25/h8-9,14-15,17,21,27H,10-13H2,1-7H3/t15-,17+,21+/m1/s1. The number of rotatable bonds is 4. The van der Waals surface area contributed by atoms with Crippen molar-refractivity contribution >= 4 is 12.0 Å². The Labute approximate surface area is 190 Å². The monoisotopic (exact) mass is 448 g/mol. The van der Waals surface area contributed by atoms with Crippen LogP contribution in [0.5, 0.6) is 11.5 Å². The average molecular weight is 449 g/mol. The molecule has 8 nitrogen and oxygen atoms in total. The number of aliphatic hydroxyl groups excluding tert-OH is 1. The lowest BCUT2D eigenvalue weighted by molar-refractivity contribution is -0.139. The van der Waals surface area contributed by atoms with Gasteiger partial charge in [-0.3, -0.25) is 4.79 Å². The molecule has 1 saturated heterocycles. The van der Waals surface area contributed by atoms with Crippen LogP contribution in [0.1, 0.15) is 58.3 Å². The van der Waals surface area contributed by atoms with Gasteiger partial charge in [0.05, 0.1) is 26.7 Å². The molecule has 2 aliphatic rings. The number of likely N-dealkylation sites (tertiary alicyclic amines) is 1. The molecule has 2 heterocycles. The molecule has 0 saturated carbocycles. The molecule has 1 aromatic rings. The van der Waals surface area contributed by atoms with E-state index in [1.54, 1.807) is 36.2 Å². The van der Waals surface area contributed by atoms with E-state index in [-0.39, 0.29) is 36.4 Å². The summed E-state index contributed by atoms with van der Waals surface area (Å²) in [5, 5.41) is 10.9. The minimum atomic E-state index is -0.881. The van der Waals surface area contributed by atoms with Gasteiger partial charge in [-0.25, -0.2) is 4.79 Å². The highest BCUT2D eigenvalue weighted by molar-refractivity contribution is 5.82. The number of hydrogen-bond donors (Lipinski definition) is 1. The molecule has 3 atom stereocenters. The first-order valence-electron chi connectivity index (χ1n) is 11.2. The fourth-order valence-electron chi connectivity index (χ4n) is 4.92. The van der Waals surface area contributed by atoms with Gasteiger partial charge in [-0.15, -0.1) is 0 Å². The number of methoxy groups -OCH3 is 2. The van der Waals surface area contributed by atoms with Gasteiger partial charge in [0.2, 0.25) is 5.91 Å². The highest BCUT2D eigenvalue weighted by Crippen LogP contribution is 2.41. The Bertz CT molecular complexity index is 863. The lowest BCUT2D eigenvalue weighted by atomic mass is 9.88. The van der Waals surface area contributed by atoms with Crippen molar-refractivity contribution in [2.24, 2.45) is 11.8 Å². The minimum absolute atomic E-state index is 0.0654. The van der Waals surface area contributed by atoms with E-state index in [9.17, 15) is 14.7 Å². The van der Waals surface area contributed by atoms with Gasteiger partial charge >= 0.3 is 6.09 Å². The van der Waals surface area contributed by atoms with Crippen molar-refractivity contribution in [1.29, 1.82) is 0 Å². The van der Waals surface area contributed by atoms with Crippen LogP contribution in [0, 0.1) is 11.8 Å². The van der Waals surface area contributed by atoms with Crippen molar-refractivity contribution < 1.29 is 28.9 Å². The lowest BCUT2D eigenvalue weighted by Gasteiger charge is -2.38. The number of nitrogens with zero attached hydrogens (tertiary/aromatic N) is 2.